The molecule has 0 amide bonds. The highest BCUT2D eigenvalue weighted by Gasteiger charge is 2.00. The summed E-state index contributed by atoms with van der Waals surface area (Å²) in [7, 11) is 0. The van der Waals surface area contributed by atoms with Gasteiger partial charge in [0.05, 0.1) is 5.69 Å². The number of nitrogens with zero attached hydrogens (tertiary/aromatic N) is 1. The maximum Gasteiger partial charge on any atom is 0.331 e. The van der Waals surface area contributed by atoms with Crippen LogP contribution in [0.15, 0.2) is 54.7 Å². The van der Waals surface area contributed by atoms with Gasteiger partial charge in [-0.2, -0.15) is 0 Å². The van der Waals surface area contributed by atoms with Crippen LogP contribution in [0.2, 0.25) is 0 Å². The van der Waals surface area contributed by atoms with Crippen molar-refractivity contribution in [3.8, 4) is 0 Å². The summed E-state index contributed by atoms with van der Waals surface area (Å²) in [6, 6.07) is 13.7. The molecule has 0 atom stereocenters. The van der Waals surface area contributed by atoms with Crippen molar-refractivity contribution < 1.29 is 9.53 Å². The predicted octanol–water partition coefficient (Wildman–Crippen LogP) is 8.34. The monoisotopic (exact) mass is 464 g/mol. The highest BCUT2D eigenvalue weighted by atomic mass is 16.5. The highest BCUT2D eigenvalue weighted by molar-refractivity contribution is 5.87. The molecule has 0 unspecified atom stereocenters. The average Bonchev–Trinajstić information content (AvgIpc) is 2.87. The third-order valence-corrected chi connectivity index (χ3v) is 6.02. The van der Waals surface area contributed by atoms with Crippen LogP contribution in [-0.4, -0.2) is 17.5 Å². The molecule has 0 saturated heterocycles. The third kappa shape index (κ3) is 13.8. The molecule has 1 N–H and O–H groups in total. The number of nitrogens with one attached hydrogen (secondary N) is 1. The molecule has 0 aliphatic carbocycles. The summed E-state index contributed by atoms with van der Waals surface area (Å²) in [6.45, 7) is 3.47. The maximum absolute atomic E-state index is 11.9. The minimum Gasteiger partial charge on any atom is -0.456 e. The number of hydrogen-bond acceptors (Lipinski definition) is 4. The van der Waals surface area contributed by atoms with E-state index in [0.717, 1.165) is 23.5 Å². The second-order valence-corrected chi connectivity index (χ2v) is 9.05. The van der Waals surface area contributed by atoms with Crippen molar-refractivity contribution >= 4 is 17.7 Å². The van der Waals surface area contributed by atoms with Crippen molar-refractivity contribution in [1.82, 2.24) is 4.98 Å². The summed E-state index contributed by atoms with van der Waals surface area (Å²) in [4.78, 5) is 16.0. The van der Waals surface area contributed by atoms with E-state index in [1.807, 2.05) is 30.3 Å². The standard InChI is InChI=1S/C30H44N2O2/c1-2-3-4-5-6-7-8-9-10-11-12-13-15-24-31-28-21-18-27(19-22-28)20-23-30(33)34-26-29-17-14-16-25-32-29/h14,16-23,25,31H,2-13,15,24,26H2,1H3/b23-20+. The Balaban J connectivity index is 1.45. The van der Waals surface area contributed by atoms with Gasteiger partial charge < -0.3 is 10.1 Å². The molecule has 186 valence electrons. The Morgan fingerprint density at radius 2 is 1.44 bits per heavy atom. The van der Waals surface area contributed by atoms with Gasteiger partial charge in [-0.25, -0.2) is 4.79 Å². The summed E-state index contributed by atoms with van der Waals surface area (Å²) in [5.41, 5.74) is 2.83. The van der Waals surface area contributed by atoms with E-state index in [4.69, 9.17) is 4.74 Å². The topological polar surface area (TPSA) is 51.2 Å². The summed E-state index contributed by atoms with van der Waals surface area (Å²) >= 11 is 0. The van der Waals surface area contributed by atoms with Gasteiger partial charge in [0.2, 0.25) is 0 Å². The molecule has 0 radical (unpaired) electrons. The van der Waals surface area contributed by atoms with Crippen LogP contribution in [0.4, 0.5) is 5.69 Å². The molecule has 1 aromatic heterocycles. The van der Waals surface area contributed by atoms with E-state index in [-0.39, 0.29) is 12.6 Å². The number of esters is 1. The number of pyridine rings is 1. The molecule has 1 aromatic carbocycles. The number of rotatable bonds is 19. The van der Waals surface area contributed by atoms with Crippen molar-refractivity contribution in [3.63, 3.8) is 0 Å². The molecule has 4 nitrogen and oxygen atoms in total. The van der Waals surface area contributed by atoms with E-state index < -0.39 is 0 Å². The Kier molecular flexibility index (Phi) is 15.2. The smallest absolute Gasteiger partial charge is 0.331 e. The van der Waals surface area contributed by atoms with Gasteiger partial charge in [0.25, 0.3) is 0 Å². The lowest BCUT2D eigenvalue weighted by molar-refractivity contribution is -0.139. The first-order valence-electron chi connectivity index (χ1n) is 13.4. The Bertz CT molecular complexity index is 787. The van der Waals surface area contributed by atoms with Crippen LogP contribution in [0.1, 0.15) is 102 Å². The Morgan fingerprint density at radius 3 is 2.03 bits per heavy atom. The molecule has 0 aliphatic rings. The van der Waals surface area contributed by atoms with Crippen LogP contribution in [0.25, 0.3) is 6.08 Å². The lowest BCUT2D eigenvalue weighted by Crippen LogP contribution is -2.02. The number of anilines is 1. The molecule has 4 heteroatoms. The first kappa shape index (κ1) is 27.6. The molecule has 0 bridgehead atoms. The number of hydrogen-bond donors (Lipinski definition) is 1. The summed E-state index contributed by atoms with van der Waals surface area (Å²) in [5, 5.41) is 3.49. The quantitative estimate of drug-likeness (QED) is 0.129. The van der Waals surface area contributed by atoms with Crippen molar-refractivity contribution in [2.24, 2.45) is 0 Å². The highest BCUT2D eigenvalue weighted by Crippen LogP contribution is 2.14. The van der Waals surface area contributed by atoms with Crippen LogP contribution in [-0.2, 0) is 16.1 Å². The zero-order valence-corrected chi connectivity index (χ0v) is 21.1. The fraction of sp³-hybridized carbons (Fsp3) is 0.533. The normalized spacial score (nSPS) is 11.1. The van der Waals surface area contributed by atoms with E-state index in [2.05, 4.69) is 29.4 Å². The number of unbranched alkanes of at least 4 members (excludes halogenated alkanes) is 12. The number of aromatic nitrogens is 1. The lowest BCUT2D eigenvalue weighted by Gasteiger charge is -2.07. The number of benzene rings is 1. The van der Waals surface area contributed by atoms with Crippen LogP contribution in [0.3, 0.4) is 0 Å². The van der Waals surface area contributed by atoms with Gasteiger partial charge in [0, 0.05) is 24.5 Å². The molecular formula is C30H44N2O2. The number of carbonyl (C=O) groups is 1. The first-order chi connectivity index (χ1) is 16.8. The van der Waals surface area contributed by atoms with Gasteiger partial charge in [0.1, 0.15) is 6.61 Å². The minimum absolute atomic E-state index is 0.187. The largest absolute Gasteiger partial charge is 0.456 e. The second-order valence-electron chi connectivity index (χ2n) is 9.05. The van der Waals surface area contributed by atoms with Crippen LogP contribution < -0.4 is 5.32 Å². The van der Waals surface area contributed by atoms with Gasteiger partial charge in [-0.1, -0.05) is 102 Å². The lowest BCUT2D eigenvalue weighted by atomic mass is 10.0. The van der Waals surface area contributed by atoms with E-state index in [1.54, 1.807) is 12.3 Å². The van der Waals surface area contributed by atoms with E-state index in [9.17, 15) is 4.79 Å². The second kappa shape index (κ2) is 18.8. The summed E-state index contributed by atoms with van der Waals surface area (Å²) in [6.07, 6.45) is 22.8. The predicted molar refractivity (Wildman–Crippen MR) is 144 cm³/mol. The molecule has 2 aromatic rings. The third-order valence-electron chi connectivity index (χ3n) is 6.02. The van der Waals surface area contributed by atoms with Gasteiger partial charge >= 0.3 is 5.97 Å². The Hall–Kier alpha value is -2.62. The van der Waals surface area contributed by atoms with Gasteiger partial charge in [-0.3, -0.25) is 4.98 Å². The zero-order chi connectivity index (χ0) is 24.1. The van der Waals surface area contributed by atoms with Gasteiger partial charge in [-0.05, 0) is 42.3 Å². The molecule has 2 rings (SSSR count). The molecule has 0 saturated carbocycles. The Labute approximate surface area is 207 Å². The summed E-state index contributed by atoms with van der Waals surface area (Å²) < 4.78 is 5.21. The van der Waals surface area contributed by atoms with Crippen molar-refractivity contribution in [2.45, 2.75) is 97.0 Å². The SMILES string of the molecule is CCCCCCCCCCCCCCCNc1ccc(/C=C/C(=O)OCc2ccccn2)cc1. The minimum atomic E-state index is -0.365. The van der Waals surface area contributed by atoms with Crippen molar-refractivity contribution in [3.05, 3.63) is 66.0 Å². The van der Waals surface area contributed by atoms with Gasteiger partial charge in [-0.15, -0.1) is 0 Å². The summed E-state index contributed by atoms with van der Waals surface area (Å²) in [5.74, 6) is -0.365. The fourth-order valence-electron chi connectivity index (χ4n) is 3.93. The van der Waals surface area contributed by atoms with Gasteiger partial charge in [0.15, 0.2) is 0 Å². The van der Waals surface area contributed by atoms with Crippen LogP contribution in [0.5, 0.6) is 0 Å². The van der Waals surface area contributed by atoms with E-state index in [0.29, 0.717) is 0 Å². The average molecular weight is 465 g/mol. The Morgan fingerprint density at radius 1 is 0.824 bits per heavy atom. The number of ether oxygens (including phenoxy) is 1. The van der Waals surface area contributed by atoms with E-state index in [1.165, 1.54) is 89.5 Å². The number of carbonyl (C=O) groups excluding carboxylic acids is 1. The molecule has 34 heavy (non-hydrogen) atoms. The van der Waals surface area contributed by atoms with Crippen LogP contribution in [0, 0.1) is 0 Å². The van der Waals surface area contributed by atoms with E-state index >= 15 is 0 Å². The molecule has 0 aliphatic heterocycles. The molecule has 1 heterocycles. The maximum atomic E-state index is 11.9. The first-order valence-corrected chi connectivity index (χ1v) is 13.4. The van der Waals surface area contributed by atoms with Crippen molar-refractivity contribution in [1.29, 1.82) is 0 Å². The fourth-order valence-corrected chi connectivity index (χ4v) is 3.93. The van der Waals surface area contributed by atoms with Crippen LogP contribution >= 0.6 is 0 Å². The molecule has 0 fully saturated rings. The zero-order valence-electron chi connectivity index (χ0n) is 21.1. The van der Waals surface area contributed by atoms with Crippen molar-refractivity contribution in [2.75, 3.05) is 11.9 Å². The molecular weight excluding hydrogens is 420 g/mol. The molecule has 0 spiro atoms.